The molecule has 0 saturated heterocycles. The van der Waals surface area contributed by atoms with Crippen molar-refractivity contribution in [1.82, 2.24) is 0 Å². The molecule has 0 N–H and O–H groups in total. The zero-order valence-electron chi connectivity index (χ0n) is 15.1. The Morgan fingerprint density at radius 2 is 1.64 bits per heavy atom. The maximum absolute atomic E-state index is 14.5. The number of nitrogens with zero attached hydrogens (tertiary/aromatic N) is 2. The summed E-state index contributed by atoms with van der Waals surface area (Å²) in [5, 5.41) is 0. The summed E-state index contributed by atoms with van der Waals surface area (Å²) in [6.07, 6.45) is 1.71. The number of rotatable bonds is 3. The minimum atomic E-state index is -0.420. The lowest BCUT2D eigenvalue weighted by Crippen LogP contribution is -2.33. The number of hydrogen-bond donors (Lipinski definition) is 0. The zero-order chi connectivity index (χ0) is 19.7. The molecule has 0 atom stereocenters. The summed E-state index contributed by atoms with van der Waals surface area (Å²) >= 11 is 3.40. The summed E-state index contributed by atoms with van der Waals surface area (Å²) < 4.78 is 15.4. The first-order valence-electron chi connectivity index (χ1n) is 8.75. The second-order valence-corrected chi connectivity index (χ2v) is 7.39. The third kappa shape index (κ3) is 3.53. The molecule has 0 aromatic heterocycles. The average molecular weight is 435 g/mol. The molecule has 4 rings (SSSR count). The van der Waals surface area contributed by atoms with Crippen LogP contribution in [-0.2, 0) is 4.79 Å². The molecule has 5 heteroatoms. The van der Waals surface area contributed by atoms with E-state index in [2.05, 4.69) is 20.9 Å². The third-order valence-corrected chi connectivity index (χ3v) is 4.97. The van der Waals surface area contributed by atoms with Crippen molar-refractivity contribution >= 4 is 39.4 Å². The van der Waals surface area contributed by atoms with Gasteiger partial charge in [0.05, 0.1) is 11.3 Å². The van der Waals surface area contributed by atoms with Crippen LogP contribution in [0.4, 0.5) is 10.1 Å². The van der Waals surface area contributed by atoms with E-state index in [1.807, 2.05) is 55.5 Å². The number of aliphatic imine (C=N–C) groups is 1. The Balaban J connectivity index is 1.84. The predicted molar refractivity (Wildman–Crippen MR) is 114 cm³/mol. The van der Waals surface area contributed by atoms with Crippen LogP contribution in [0.5, 0.6) is 0 Å². The zero-order valence-corrected chi connectivity index (χ0v) is 16.7. The summed E-state index contributed by atoms with van der Waals surface area (Å²) in [5.74, 6) is -0.420. The standard InChI is InChI=1S/C23H16BrFN2O/c1-15-6-12-18(13-7-15)27-22(19-4-2-3-5-20(19)25)26-21(23(27)28)14-16-8-10-17(24)11-9-16/h2-14H,1H3/b21-14+. The van der Waals surface area contributed by atoms with Gasteiger partial charge in [0.1, 0.15) is 11.5 Å². The van der Waals surface area contributed by atoms with Crippen molar-refractivity contribution < 1.29 is 9.18 Å². The number of carbonyl (C=O) groups excluding carboxylic acids is 1. The fraction of sp³-hybridized carbons (Fsp3) is 0.0435. The molecule has 1 aliphatic heterocycles. The summed E-state index contributed by atoms with van der Waals surface area (Å²) in [6.45, 7) is 1.97. The smallest absolute Gasteiger partial charge is 0.266 e. The molecule has 3 aromatic rings. The molecule has 0 aliphatic carbocycles. The molecule has 3 nitrogen and oxygen atoms in total. The summed E-state index contributed by atoms with van der Waals surface area (Å²) in [4.78, 5) is 19.1. The molecule has 1 amide bonds. The molecule has 3 aromatic carbocycles. The monoisotopic (exact) mass is 434 g/mol. The van der Waals surface area contributed by atoms with Crippen LogP contribution in [0.15, 0.2) is 88.0 Å². The molecule has 28 heavy (non-hydrogen) atoms. The topological polar surface area (TPSA) is 32.7 Å². The molecule has 138 valence electrons. The van der Waals surface area contributed by atoms with Crippen LogP contribution in [0.25, 0.3) is 6.08 Å². The highest BCUT2D eigenvalue weighted by atomic mass is 79.9. The van der Waals surface area contributed by atoms with E-state index >= 15 is 0 Å². The van der Waals surface area contributed by atoms with Gasteiger partial charge in [-0.1, -0.05) is 57.9 Å². The highest BCUT2D eigenvalue weighted by Gasteiger charge is 2.33. The van der Waals surface area contributed by atoms with Gasteiger partial charge in [0.15, 0.2) is 5.84 Å². The quantitative estimate of drug-likeness (QED) is 0.484. The SMILES string of the molecule is Cc1ccc(N2C(=O)/C(=C\c3ccc(Br)cc3)N=C2c2ccccc2F)cc1. The molecule has 1 heterocycles. The van der Waals surface area contributed by atoms with E-state index in [0.29, 0.717) is 5.69 Å². The Labute approximate surface area is 171 Å². The highest BCUT2D eigenvalue weighted by molar-refractivity contribution is 9.10. The lowest BCUT2D eigenvalue weighted by molar-refractivity contribution is -0.113. The van der Waals surface area contributed by atoms with Gasteiger partial charge in [-0.15, -0.1) is 0 Å². The van der Waals surface area contributed by atoms with Gasteiger partial charge >= 0.3 is 0 Å². The highest BCUT2D eigenvalue weighted by Crippen LogP contribution is 2.29. The number of amidine groups is 1. The van der Waals surface area contributed by atoms with E-state index in [9.17, 15) is 9.18 Å². The van der Waals surface area contributed by atoms with Crippen LogP contribution >= 0.6 is 15.9 Å². The molecule has 0 saturated carbocycles. The maximum Gasteiger partial charge on any atom is 0.282 e. The normalized spacial score (nSPS) is 15.2. The van der Waals surface area contributed by atoms with E-state index in [0.717, 1.165) is 15.6 Å². The van der Waals surface area contributed by atoms with E-state index in [-0.39, 0.29) is 23.0 Å². The van der Waals surface area contributed by atoms with Crippen LogP contribution in [0.3, 0.4) is 0 Å². The van der Waals surface area contributed by atoms with Crippen molar-refractivity contribution in [3.63, 3.8) is 0 Å². The molecular formula is C23H16BrFN2O. The minimum absolute atomic E-state index is 0.265. The molecule has 0 fully saturated rings. The van der Waals surface area contributed by atoms with Gasteiger partial charge in [0.25, 0.3) is 5.91 Å². The van der Waals surface area contributed by atoms with Gasteiger partial charge in [0, 0.05) is 4.47 Å². The number of anilines is 1. The maximum atomic E-state index is 14.5. The third-order valence-electron chi connectivity index (χ3n) is 4.44. The Bertz CT molecular complexity index is 1100. The van der Waals surface area contributed by atoms with Crippen LogP contribution < -0.4 is 4.90 Å². The summed E-state index contributed by atoms with van der Waals surface area (Å²) in [7, 11) is 0. The van der Waals surface area contributed by atoms with Crippen molar-refractivity contribution in [2.75, 3.05) is 4.90 Å². The largest absolute Gasteiger partial charge is 0.282 e. The van der Waals surface area contributed by atoms with Crippen molar-refractivity contribution in [1.29, 1.82) is 0 Å². The van der Waals surface area contributed by atoms with Gasteiger partial charge in [-0.25, -0.2) is 9.38 Å². The number of aryl methyl sites for hydroxylation is 1. The van der Waals surface area contributed by atoms with Gasteiger partial charge in [0.2, 0.25) is 0 Å². The first-order chi connectivity index (χ1) is 13.5. The van der Waals surface area contributed by atoms with E-state index in [1.165, 1.54) is 11.0 Å². The first-order valence-corrected chi connectivity index (χ1v) is 9.54. The van der Waals surface area contributed by atoms with E-state index in [1.54, 1.807) is 24.3 Å². The number of hydrogen-bond acceptors (Lipinski definition) is 2. The molecule has 0 bridgehead atoms. The molecule has 0 spiro atoms. The molecule has 0 radical (unpaired) electrons. The molecule has 1 aliphatic rings. The van der Waals surface area contributed by atoms with Gasteiger partial charge < -0.3 is 0 Å². The van der Waals surface area contributed by atoms with Crippen LogP contribution in [0, 0.1) is 12.7 Å². The first kappa shape index (κ1) is 18.3. The second-order valence-electron chi connectivity index (χ2n) is 6.47. The Kier molecular flexibility index (Phi) is 4.92. The second kappa shape index (κ2) is 7.52. The van der Waals surface area contributed by atoms with Crippen LogP contribution in [-0.4, -0.2) is 11.7 Å². The van der Waals surface area contributed by atoms with Crippen molar-refractivity contribution in [3.8, 4) is 0 Å². The number of benzene rings is 3. The number of halogens is 2. The van der Waals surface area contributed by atoms with Crippen molar-refractivity contribution in [2.24, 2.45) is 4.99 Å². The van der Waals surface area contributed by atoms with Gasteiger partial charge in [-0.05, 0) is 55.0 Å². The average Bonchev–Trinajstić information content (AvgIpc) is 3.01. The minimum Gasteiger partial charge on any atom is -0.266 e. The fourth-order valence-electron chi connectivity index (χ4n) is 2.99. The van der Waals surface area contributed by atoms with Gasteiger partial charge in [-0.3, -0.25) is 9.69 Å². The van der Waals surface area contributed by atoms with Gasteiger partial charge in [-0.2, -0.15) is 0 Å². The number of amides is 1. The van der Waals surface area contributed by atoms with Crippen LogP contribution in [0.1, 0.15) is 16.7 Å². The Morgan fingerprint density at radius 1 is 0.964 bits per heavy atom. The summed E-state index contributed by atoms with van der Waals surface area (Å²) in [6, 6.07) is 21.4. The number of carbonyl (C=O) groups is 1. The van der Waals surface area contributed by atoms with Crippen LogP contribution in [0.2, 0.25) is 0 Å². The lowest BCUT2D eigenvalue weighted by atomic mass is 10.1. The Morgan fingerprint density at radius 3 is 2.32 bits per heavy atom. The van der Waals surface area contributed by atoms with E-state index < -0.39 is 5.82 Å². The molecule has 0 unspecified atom stereocenters. The van der Waals surface area contributed by atoms with Crippen molar-refractivity contribution in [2.45, 2.75) is 6.92 Å². The summed E-state index contributed by atoms with van der Waals surface area (Å²) in [5.41, 5.74) is 3.12. The fourth-order valence-corrected chi connectivity index (χ4v) is 3.25. The molecular weight excluding hydrogens is 419 g/mol. The predicted octanol–water partition coefficient (Wildman–Crippen LogP) is 5.73. The van der Waals surface area contributed by atoms with Crippen molar-refractivity contribution in [3.05, 3.63) is 105 Å². The van der Waals surface area contributed by atoms with E-state index in [4.69, 9.17) is 0 Å². The Hall–Kier alpha value is -3.05. The lowest BCUT2D eigenvalue weighted by Gasteiger charge is -2.19.